The molecule has 0 radical (unpaired) electrons. The maximum atomic E-state index is 12.4. The van der Waals surface area contributed by atoms with Crippen LogP contribution in [0.25, 0.3) is 0 Å². The number of amides is 1. The van der Waals surface area contributed by atoms with Gasteiger partial charge in [-0.15, -0.1) is 0 Å². The van der Waals surface area contributed by atoms with E-state index < -0.39 is 5.97 Å². The summed E-state index contributed by atoms with van der Waals surface area (Å²) in [6, 6.07) is 10.4. The third-order valence-corrected chi connectivity index (χ3v) is 3.49. The molecule has 0 bridgehead atoms. The van der Waals surface area contributed by atoms with Gasteiger partial charge in [0.2, 0.25) is 5.76 Å². The Hall–Kier alpha value is -2.56. The fourth-order valence-electron chi connectivity index (χ4n) is 2.51. The van der Waals surface area contributed by atoms with Crippen molar-refractivity contribution in [1.29, 1.82) is 0 Å². The van der Waals surface area contributed by atoms with Crippen molar-refractivity contribution in [2.45, 2.75) is 12.8 Å². The van der Waals surface area contributed by atoms with Gasteiger partial charge in [0.25, 0.3) is 5.91 Å². The predicted octanol–water partition coefficient (Wildman–Crippen LogP) is 2.74. The summed E-state index contributed by atoms with van der Waals surface area (Å²) in [4.78, 5) is 24.8. The molecule has 0 fully saturated rings. The van der Waals surface area contributed by atoms with Gasteiger partial charge >= 0.3 is 5.97 Å². The zero-order valence-corrected chi connectivity index (χ0v) is 10.9. The lowest BCUT2D eigenvalue weighted by molar-refractivity contribution is 0.0660. The van der Waals surface area contributed by atoms with Crippen molar-refractivity contribution in [3.63, 3.8) is 0 Å². The number of furan rings is 1. The standard InChI is InChI=1S/C15H13NO4/c1-9-8-16(11-5-3-2-4-10(9)11)14(17)12-6-7-13(20-12)15(18)19/h2-7,9H,8H2,1H3,(H,18,19)/t9-/m1/s1. The number of benzene rings is 1. The van der Waals surface area contributed by atoms with Gasteiger partial charge in [-0.3, -0.25) is 4.79 Å². The van der Waals surface area contributed by atoms with Gasteiger partial charge < -0.3 is 14.4 Å². The molecule has 102 valence electrons. The van der Waals surface area contributed by atoms with Gasteiger partial charge in [0.15, 0.2) is 5.76 Å². The van der Waals surface area contributed by atoms with E-state index in [1.807, 2.05) is 24.3 Å². The summed E-state index contributed by atoms with van der Waals surface area (Å²) >= 11 is 0. The van der Waals surface area contributed by atoms with E-state index in [-0.39, 0.29) is 23.3 Å². The minimum Gasteiger partial charge on any atom is -0.475 e. The molecule has 0 spiro atoms. The zero-order chi connectivity index (χ0) is 14.3. The number of hydrogen-bond acceptors (Lipinski definition) is 3. The van der Waals surface area contributed by atoms with Crippen LogP contribution in [-0.2, 0) is 0 Å². The van der Waals surface area contributed by atoms with Crippen molar-refractivity contribution in [1.82, 2.24) is 0 Å². The summed E-state index contributed by atoms with van der Waals surface area (Å²) in [5.41, 5.74) is 1.98. The molecule has 1 aromatic heterocycles. The second-order valence-electron chi connectivity index (χ2n) is 4.84. The summed E-state index contributed by atoms with van der Waals surface area (Å²) in [5.74, 6) is -1.42. The molecule has 0 saturated heterocycles. The first-order valence-corrected chi connectivity index (χ1v) is 6.32. The van der Waals surface area contributed by atoms with E-state index in [1.54, 1.807) is 4.90 Å². The maximum Gasteiger partial charge on any atom is 0.371 e. The van der Waals surface area contributed by atoms with Gasteiger partial charge in [0.1, 0.15) is 0 Å². The zero-order valence-electron chi connectivity index (χ0n) is 10.9. The molecule has 0 saturated carbocycles. The quantitative estimate of drug-likeness (QED) is 0.911. The maximum absolute atomic E-state index is 12.4. The number of carboxylic acid groups (broad SMARTS) is 1. The molecule has 5 heteroatoms. The Balaban J connectivity index is 1.94. The third-order valence-electron chi connectivity index (χ3n) is 3.49. The van der Waals surface area contributed by atoms with Gasteiger partial charge in [-0.2, -0.15) is 0 Å². The van der Waals surface area contributed by atoms with Gasteiger partial charge in [-0.25, -0.2) is 4.79 Å². The van der Waals surface area contributed by atoms with Gasteiger partial charge in [0.05, 0.1) is 0 Å². The van der Waals surface area contributed by atoms with E-state index in [1.165, 1.54) is 12.1 Å². The molecule has 1 atom stereocenters. The number of anilines is 1. The Labute approximate surface area is 115 Å². The molecule has 2 heterocycles. The minimum absolute atomic E-state index is 0.0475. The van der Waals surface area contributed by atoms with Crippen molar-refractivity contribution in [3.8, 4) is 0 Å². The summed E-state index contributed by atoms with van der Waals surface area (Å²) in [5, 5.41) is 8.83. The lowest BCUT2D eigenvalue weighted by Crippen LogP contribution is -2.29. The number of para-hydroxylation sites is 1. The largest absolute Gasteiger partial charge is 0.475 e. The van der Waals surface area contributed by atoms with E-state index in [2.05, 4.69) is 6.92 Å². The summed E-state index contributed by atoms with van der Waals surface area (Å²) in [6.07, 6.45) is 0. The molecule has 1 aliphatic heterocycles. The highest BCUT2D eigenvalue weighted by Gasteiger charge is 2.31. The molecule has 1 aromatic carbocycles. The Morgan fingerprint density at radius 1 is 1.20 bits per heavy atom. The number of fused-ring (bicyclic) bond motifs is 1. The number of carboxylic acids is 1. The molecule has 20 heavy (non-hydrogen) atoms. The van der Waals surface area contributed by atoms with Crippen LogP contribution in [0.15, 0.2) is 40.8 Å². The van der Waals surface area contributed by atoms with Crippen molar-refractivity contribution in [2.24, 2.45) is 0 Å². The summed E-state index contributed by atoms with van der Waals surface area (Å²) < 4.78 is 5.08. The van der Waals surface area contributed by atoms with Crippen LogP contribution in [0.1, 0.15) is 39.5 Å². The first kappa shape index (κ1) is 12.5. The lowest BCUT2D eigenvalue weighted by Gasteiger charge is -2.15. The smallest absolute Gasteiger partial charge is 0.371 e. The van der Waals surface area contributed by atoms with E-state index in [0.29, 0.717) is 6.54 Å². The van der Waals surface area contributed by atoms with Crippen molar-refractivity contribution < 1.29 is 19.1 Å². The Morgan fingerprint density at radius 3 is 2.60 bits per heavy atom. The number of rotatable bonds is 2. The van der Waals surface area contributed by atoms with Crippen molar-refractivity contribution >= 4 is 17.6 Å². The van der Waals surface area contributed by atoms with E-state index in [9.17, 15) is 9.59 Å². The van der Waals surface area contributed by atoms with Crippen LogP contribution in [0.3, 0.4) is 0 Å². The van der Waals surface area contributed by atoms with Gasteiger partial charge in [0, 0.05) is 18.2 Å². The fraction of sp³-hybridized carbons (Fsp3) is 0.200. The number of carbonyl (C=O) groups excluding carboxylic acids is 1. The molecular weight excluding hydrogens is 258 g/mol. The number of hydrogen-bond donors (Lipinski definition) is 1. The van der Waals surface area contributed by atoms with E-state index >= 15 is 0 Å². The van der Waals surface area contributed by atoms with Crippen LogP contribution in [-0.4, -0.2) is 23.5 Å². The van der Waals surface area contributed by atoms with Crippen molar-refractivity contribution in [3.05, 3.63) is 53.5 Å². The van der Waals surface area contributed by atoms with Crippen LogP contribution in [0.4, 0.5) is 5.69 Å². The highest BCUT2D eigenvalue weighted by molar-refractivity contribution is 6.06. The number of aromatic carboxylic acids is 1. The first-order valence-electron chi connectivity index (χ1n) is 6.32. The van der Waals surface area contributed by atoms with Gasteiger partial charge in [-0.1, -0.05) is 25.1 Å². The molecule has 2 aromatic rings. The Morgan fingerprint density at radius 2 is 1.90 bits per heavy atom. The highest BCUT2D eigenvalue weighted by atomic mass is 16.4. The third kappa shape index (κ3) is 1.87. The average Bonchev–Trinajstić information content (AvgIpc) is 3.04. The molecule has 0 unspecified atom stereocenters. The Kier molecular flexibility index (Phi) is 2.82. The molecule has 1 N–H and O–H groups in total. The van der Waals surface area contributed by atoms with Crippen LogP contribution in [0.5, 0.6) is 0 Å². The van der Waals surface area contributed by atoms with E-state index in [4.69, 9.17) is 9.52 Å². The normalized spacial score (nSPS) is 17.1. The van der Waals surface area contributed by atoms with Crippen LogP contribution >= 0.6 is 0 Å². The number of nitrogens with zero attached hydrogens (tertiary/aromatic N) is 1. The average molecular weight is 271 g/mol. The molecule has 1 amide bonds. The first-order chi connectivity index (χ1) is 9.58. The SMILES string of the molecule is C[C@@H]1CN(C(=O)c2ccc(C(=O)O)o2)c2ccccc21. The minimum atomic E-state index is -1.18. The molecule has 1 aliphatic rings. The van der Waals surface area contributed by atoms with Gasteiger partial charge in [-0.05, 0) is 23.8 Å². The predicted molar refractivity (Wildman–Crippen MR) is 72.2 cm³/mol. The topological polar surface area (TPSA) is 70.8 Å². The molecule has 5 nitrogen and oxygen atoms in total. The van der Waals surface area contributed by atoms with Crippen molar-refractivity contribution in [2.75, 3.05) is 11.4 Å². The van der Waals surface area contributed by atoms with E-state index in [0.717, 1.165) is 11.3 Å². The molecule has 0 aliphatic carbocycles. The second-order valence-corrected chi connectivity index (χ2v) is 4.84. The summed E-state index contributed by atoms with van der Waals surface area (Å²) in [6.45, 7) is 2.62. The summed E-state index contributed by atoms with van der Waals surface area (Å²) in [7, 11) is 0. The molecular formula is C15H13NO4. The lowest BCUT2D eigenvalue weighted by atomic mass is 10.0. The monoisotopic (exact) mass is 271 g/mol. The Bertz CT molecular complexity index is 689. The van der Waals surface area contributed by atoms with Crippen LogP contribution in [0, 0.1) is 0 Å². The van der Waals surface area contributed by atoms with Crippen LogP contribution < -0.4 is 4.90 Å². The van der Waals surface area contributed by atoms with Crippen LogP contribution in [0.2, 0.25) is 0 Å². The molecule has 3 rings (SSSR count). The fourth-order valence-corrected chi connectivity index (χ4v) is 2.51. The number of carbonyl (C=O) groups is 2. The second kappa shape index (κ2) is 4.52. The highest BCUT2D eigenvalue weighted by Crippen LogP contribution is 2.36.